The van der Waals surface area contributed by atoms with Gasteiger partial charge in [-0.15, -0.1) is 0 Å². The number of halogens is 2. The lowest BCUT2D eigenvalue weighted by Gasteiger charge is -2.29. The Morgan fingerprint density at radius 2 is 1.94 bits per heavy atom. The van der Waals surface area contributed by atoms with Crippen molar-refractivity contribution in [2.24, 2.45) is 0 Å². The minimum absolute atomic E-state index is 0.0109. The van der Waals surface area contributed by atoms with Crippen LogP contribution in [0.25, 0.3) is 0 Å². The predicted octanol–water partition coefficient (Wildman–Crippen LogP) is 4.88. The molecule has 1 unspecified atom stereocenters. The summed E-state index contributed by atoms with van der Waals surface area (Å²) in [7, 11) is -3.23. The van der Waals surface area contributed by atoms with Crippen LogP contribution in [0.5, 0.6) is 5.75 Å². The SMILES string of the molecule is CCCCCOc1ccc(C(=O)N(Cc2c(F)cccc2Cl)C2CCS(=O)(=O)C2)cc1. The van der Waals surface area contributed by atoms with Crippen LogP contribution in [0.3, 0.4) is 0 Å². The molecule has 8 heteroatoms. The lowest BCUT2D eigenvalue weighted by molar-refractivity contribution is 0.0679. The summed E-state index contributed by atoms with van der Waals surface area (Å²) in [6.07, 6.45) is 3.48. The molecule has 0 aliphatic carbocycles. The lowest BCUT2D eigenvalue weighted by atomic mass is 10.1. The molecule has 1 aliphatic rings. The zero-order chi connectivity index (χ0) is 22.4. The van der Waals surface area contributed by atoms with Crippen LogP contribution < -0.4 is 4.74 Å². The third kappa shape index (κ3) is 6.20. The van der Waals surface area contributed by atoms with E-state index < -0.39 is 21.7 Å². The van der Waals surface area contributed by atoms with E-state index in [1.807, 2.05) is 0 Å². The maximum absolute atomic E-state index is 14.4. The number of amides is 1. The number of benzene rings is 2. The van der Waals surface area contributed by atoms with E-state index in [0.717, 1.165) is 19.3 Å². The van der Waals surface area contributed by atoms with Gasteiger partial charge >= 0.3 is 0 Å². The van der Waals surface area contributed by atoms with Gasteiger partial charge in [0.25, 0.3) is 5.91 Å². The summed E-state index contributed by atoms with van der Waals surface area (Å²) >= 11 is 6.17. The molecule has 5 nitrogen and oxygen atoms in total. The molecule has 0 N–H and O–H groups in total. The van der Waals surface area contributed by atoms with Crippen molar-refractivity contribution in [3.63, 3.8) is 0 Å². The standard InChI is InChI=1S/C23H27ClFNO4S/c1-2-3-4-13-30-19-10-8-17(9-11-19)23(27)26(18-12-14-31(28,29)16-18)15-20-21(24)6-5-7-22(20)25/h5-11,18H,2-4,12-16H2,1H3. The second-order valence-corrected chi connectivity index (χ2v) is 10.4. The van der Waals surface area contributed by atoms with Crippen molar-refractivity contribution < 1.29 is 22.3 Å². The zero-order valence-corrected chi connectivity index (χ0v) is 19.1. The van der Waals surface area contributed by atoms with Crippen LogP contribution in [0.2, 0.25) is 5.02 Å². The quantitative estimate of drug-likeness (QED) is 0.493. The zero-order valence-electron chi connectivity index (χ0n) is 17.5. The summed E-state index contributed by atoms with van der Waals surface area (Å²) in [4.78, 5) is 14.7. The predicted molar refractivity (Wildman–Crippen MR) is 120 cm³/mol. The van der Waals surface area contributed by atoms with Gasteiger partial charge in [-0.2, -0.15) is 0 Å². The second kappa shape index (κ2) is 10.5. The highest BCUT2D eigenvalue weighted by Crippen LogP contribution is 2.27. The van der Waals surface area contributed by atoms with Crippen LogP contribution in [0.4, 0.5) is 4.39 Å². The Kier molecular flexibility index (Phi) is 7.94. The molecular weight excluding hydrogens is 441 g/mol. The number of hydrogen-bond donors (Lipinski definition) is 0. The minimum atomic E-state index is -3.23. The average Bonchev–Trinajstić information content (AvgIpc) is 3.10. The number of hydrogen-bond acceptors (Lipinski definition) is 4. The molecule has 0 saturated carbocycles. The van der Waals surface area contributed by atoms with Crippen molar-refractivity contribution in [2.45, 2.75) is 45.2 Å². The molecule has 0 radical (unpaired) electrons. The minimum Gasteiger partial charge on any atom is -0.494 e. The Morgan fingerprint density at radius 1 is 1.19 bits per heavy atom. The van der Waals surface area contributed by atoms with Gasteiger partial charge in [0.05, 0.1) is 24.7 Å². The number of sulfone groups is 1. The van der Waals surface area contributed by atoms with Gasteiger partial charge in [0, 0.05) is 22.2 Å². The molecule has 1 saturated heterocycles. The van der Waals surface area contributed by atoms with Crippen molar-refractivity contribution >= 4 is 27.3 Å². The van der Waals surface area contributed by atoms with E-state index in [4.69, 9.17) is 16.3 Å². The fraction of sp³-hybridized carbons (Fsp3) is 0.435. The molecule has 0 bridgehead atoms. The number of unbranched alkanes of at least 4 members (excludes halogenated alkanes) is 2. The Labute approximate surface area is 188 Å². The van der Waals surface area contributed by atoms with Crippen LogP contribution in [0, 0.1) is 5.82 Å². The normalized spacial score (nSPS) is 17.5. The van der Waals surface area contributed by atoms with Crippen LogP contribution >= 0.6 is 11.6 Å². The van der Waals surface area contributed by atoms with Gasteiger partial charge in [-0.3, -0.25) is 4.79 Å². The van der Waals surface area contributed by atoms with Crippen molar-refractivity contribution in [3.05, 3.63) is 64.4 Å². The van der Waals surface area contributed by atoms with Crippen LogP contribution in [0.1, 0.15) is 48.5 Å². The fourth-order valence-electron chi connectivity index (χ4n) is 3.64. The third-order valence-corrected chi connectivity index (χ3v) is 7.52. The first-order valence-corrected chi connectivity index (χ1v) is 12.7. The first-order valence-electron chi connectivity index (χ1n) is 10.5. The van der Waals surface area contributed by atoms with E-state index in [1.165, 1.54) is 17.0 Å². The molecule has 1 aliphatic heterocycles. The van der Waals surface area contributed by atoms with Crippen molar-refractivity contribution in [1.82, 2.24) is 4.90 Å². The smallest absolute Gasteiger partial charge is 0.254 e. The summed E-state index contributed by atoms with van der Waals surface area (Å²) in [6, 6.07) is 10.5. The first kappa shape index (κ1) is 23.5. The summed E-state index contributed by atoms with van der Waals surface area (Å²) in [5.74, 6) is -0.346. The molecule has 2 aromatic rings. The molecule has 168 valence electrons. The highest BCUT2D eigenvalue weighted by atomic mass is 35.5. The Balaban J connectivity index is 1.81. The Morgan fingerprint density at radius 3 is 2.55 bits per heavy atom. The van der Waals surface area contributed by atoms with E-state index in [1.54, 1.807) is 30.3 Å². The van der Waals surface area contributed by atoms with E-state index >= 15 is 0 Å². The maximum atomic E-state index is 14.4. The van der Waals surface area contributed by atoms with Crippen molar-refractivity contribution in [1.29, 1.82) is 0 Å². The fourth-order valence-corrected chi connectivity index (χ4v) is 5.60. The van der Waals surface area contributed by atoms with E-state index in [-0.39, 0.29) is 34.5 Å². The van der Waals surface area contributed by atoms with Gasteiger partial charge < -0.3 is 9.64 Å². The number of rotatable bonds is 9. The van der Waals surface area contributed by atoms with Crippen LogP contribution in [-0.4, -0.2) is 43.4 Å². The van der Waals surface area contributed by atoms with Crippen molar-refractivity contribution in [2.75, 3.05) is 18.1 Å². The van der Waals surface area contributed by atoms with Gasteiger partial charge in [0.2, 0.25) is 0 Å². The third-order valence-electron chi connectivity index (χ3n) is 5.42. The molecule has 3 rings (SSSR count). The largest absolute Gasteiger partial charge is 0.494 e. The summed E-state index contributed by atoms with van der Waals surface area (Å²) < 4.78 is 44.1. The lowest BCUT2D eigenvalue weighted by Crippen LogP contribution is -2.41. The summed E-state index contributed by atoms with van der Waals surface area (Å²) in [6.45, 7) is 2.63. The first-order chi connectivity index (χ1) is 14.8. The molecular formula is C23H27ClFNO4S. The molecule has 31 heavy (non-hydrogen) atoms. The van der Waals surface area contributed by atoms with Gasteiger partial charge in [-0.25, -0.2) is 12.8 Å². The molecule has 1 fully saturated rings. The Hall–Kier alpha value is -2.12. The Bertz CT molecular complexity index is 990. The van der Waals surface area contributed by atoms with Crippen LogP contribution in [0.15, 0.2) is 42.5 Å². The maximum Gasteiger partial charge on any atom is 0.254 e. The van der Waals surface area contributed by atoms with Gasteiger partial charge in [0.15, 0.2) is 9.84 Å². The van der Waals surface area contributed by atoms with E-state index in [9.17, 15) is 17.6 Å². The number of nitrogens with zero attached hydrogens (tertiary/aromatic N) is 1. The monoisotopic (exact) mass is 467 g/mol. The molecule has 2 aromatic carbocycles. The molecule has 1 heterocycles. The molecule has 1 amide bonds. The van der Waals surface area contributed by atoms with Gasteiger partial charge in [-0.1, -0.05) is 37.4 Å². The molecule has 1 atom stereocenters. The van der Waals surface area contributed by atoms with Gasteiger partial charge in [0.1, 0.15) is 11.6 Å². The van der Waals surface area contributed by atoms with Crippen molar-refractivity contribution in [3.8, 4) is 5.75 Å². The molecule has 0 aromatic heterocycles. The number of ether oxygens (including phenoxy) is 1. The second-order valence-electron chi connectivity index (χ2n) is 7.77. The average molecular weight is 468 g/mol. The van der Waals surface area contributed by atoms with Crippen LogP contribution in [-0.2, 0) is 16.4 Å². The summed E-state index contributed by atoms with van der Waals surface area (Å²) in [5.41, 5.74) is 0.565. The topological polar surface area (TPSA) is 63.7 Å². The van der Waals surface area contributed by atoms with E-state index in [0.29, 0.717) is 24.3 Å². The number of carbonyl (C=O) groups is 1. The highest BCUT2D eigenvalue weighted by molar-refractivity contribution is 7.91. The molecule has 0 spiro atoms. The van der Waals surface area contributed by atoms with Gasteiger partial charge in [-0.05, 0) is 49.2 Å². The van der Waals surface area contributed by atoms with E-state index in [2.05, 4.69) is 6.92 Å². The summed E-state index contributed by atoms with van der Waals surface area (Å²) in [5, 5.41) is 0.203. The number of carbonyl (C=O) groups excluding carboxylic acids is 1. The highest BCUT2D eigenvalue weighted by Gasteiger charge is 2.35.